The summed E-state index contributed by atoms with van der Waals surface area (Å²) in [4.78, 5) is 4.65. The molecule has 1 aromatic rings. The van der Waals surface area contributed by atoms with Crippen LogP contribution in [0, 0.1) is 0 Å². The first-order valence-electron chi connectivity index (χ1n) is 5.45. The number of nitrogens with zero attached hydrogens (tertiary/aromatic N) is 2. The van der Waals surface area contributed by atoms with Gasteiger partial charge in [-0.3, -0.25) is 4.98 Å². The van der Waals surface area contributed by atoms with E-state index < -0.39 is 10.0 Å². The van der Waals surface area contributed by atoms with Gasteiger partial charge < -0.3 is 5.32 Å². The lowest BCUT2D eigenvalue weighted by Crippen LogP contribution is -2.46. The van der Waals surface area contributed by atoms with Gasteiger partial charge in [-0.2, -0.15) is 4.31 Å². The van der Waals surface area contributed by atoms with E-state index >= 15 is 0 Å². The Morgan fingerprint density at radius 2 is 2.06 bits per heavy atom. The van der Waals surface area contributed by atoms with Crippen molar-refractivity contribution in [2.45, 2.75) is 9.79 Å². The van der Waals surface area contributed by atoms with E-state index in [9.17, 15) is 8.42 Å². The molecule has 0 aliphatic carbocycles. The molecule has 2 heterocycles. The second-order valence-corrected chi connectivity index (χ2v) is 6.94. The minimum absolute atomic E-state index is 0.199. The van der Waals surface area contributed by atoms with Crippen molar-refractivity contribution in [1.82, 2.24) is 14.6 Å². The van der Waals surface area contributed by atoms with E-state index in [-0.39, 0.29) is 4.90 Å². The lowest BCUT2D eigenvalue weighted by molar-refractivity contribution is 0.359. The van der Waals surface area contributed by atoms with Gasteiger partial charge in [0.15, 0.2) is 0 Å². The number of nitrogens with one attached hydrogen (secondary N) is 1. The molecule has 0 radical (unpaired) electrons. The van der Waals surface area contributed by atoms with Crippen LogP contribution in [0.4, 0.5) is 0 Å². The molecule has 0 atom stereocenters. The molecule has 0 bridgehead atoms. The van der Waals surface area contributed by atoms with Crippen molar-refractivity contribution >= 4 is 33.4 Å². The Morgan fingerprint density at radius 3 is 2.67 bits per heavy atom. The highest BCUT2D eigenvalue weighted by molar-refractivity contribution is 7.99. The van der Waals surface area contributed by atoms with Gasteiger partial charge in [0.25, 0.3) is 0 Å². The normalized spacial score (nSPS) is 17.9. The summed E-state index contributed by atoms with van der Waals surface area (Å²) in [7, 11) is -3.50. The highest BCUT2D eigenvalue weighted by Gasteiger charge is 2.29. The Labute approximate surface area is 116 Å². The van der Waals surface area contributed by atoms with Crippen LogP contribution in [0.3, 0.4) is 0 Å². The standard InChI is InChI=1S/C10H14ClN3O2S2/c1-17-10-8(11)6-13-7-9(10)18(15,16)14-4-2-12-3-5-14/h6-7,12H,2-5H2,1H3. The fraction of sp³-hybridized carbons (Fsp3) is 0.500. The molecule has 1 N–H and O–H groups in total. The van der Waals surface area contributed by atoms with Gasteiger partial charge >= 0.3 is 0 Å². The number of rotatable bonds is 3. The molecule has 1 saturated heterocycles. The van der Waals surface area contributed by atoms with Gasteiger partial charge in [0.2, 0.25) is 10.0 Å². The number of piperazine rings is 1. The molecule has 0 amide bonds. The first-order chi connectivity index (χ1) is 8.57. The Hall–Kier alpha value is -0.340. The first kappa shape index (κ1) is 14.1. The molecule has 5 nitrogen and oxygen atoms in total. The van der Waals surface area contributed by atoms with Crippen LogP contribution in [0.5, 0.6) is 0 Å². The molecule has 18 heavy (non-hydrogen) atoms. The molecule has 1 aromatic heterocycles. The molecule has 0 spiro atoms. The highest BCUT2D eigenvalue weighted by Crippen LogP contribution is 2.32. The quantitative estimate of drug-likeness (QED) is 0.846. The fourth-order valence-electron chi connectivity index (χ4n) is 1.81. The van der Waals surface area contributed by atoms with Crippen LogP contribution in [-0.4, -0.2) is 50.1 Å². The van der Waals surface area contributed by atoms with Gasteiger partial charge in [0.05, 0.1) is 5.02 Å². The van der Waals surface area contributed by atoms with Crippen molar-refractivity contribution in [3.8, 4) is 0 Å². The minimum Gasteiger partial charge on any atom is -0.314 e. The van der Waals surface area contributed by atoms with E-state index in [1.165, 1.54) is 28.5 Å². The van der Waals surface area contributed by atoms with Gasteiger partial charge in [0, 0.05) is 43.5 Å². The van der Waals surface area contributed by atoms with Gasteiger partial charge in [-0.05, 0) is 6.26 Å². The van der Waals surface area contributed by atoms with Crippen LogP contribution in [0.2, 0.25) is 5.02 Å². The number of halogens is 1. The molecular weight excluding hydrogens is 294 g/mol. The maximum Gasteiger partial charge on any atom is 0.245 e. The predicted octanol–water partition coefficient (Wildman–Crippen LogP) is 1.05. The van der Waals surface area contributed by atoms with Crippen LogP contribution in [0.1, 0.15) is 0 Å². The summed E-state index contributed by atoms with van der Waals surface area (Å²) in [5.74, 6) is 0. The molecule has 1 aliphatic heterocycles. The maximum absolute atomic E-state index is 12.5. The number of aromatic nitrogens is 1. The van der Waals surface area contributed by atoms with E-state index in [0.29, 0.717) is 36.1 Å². The Morgan fingerprint density at radius 1 is 1.39 bits per heavy atom. The van der Waals surface area contributed by atoms with Crippen LogP contribution in [-0.2, 0) is 10.0 Å². The number of sulfonamides is 1. The van der Waals surface area contributed by atoms with Gasteiger partial charge in [-0.25, -0.2) is 8.42 Å². The predicted molar refractivity (Wildman–Crippen MR) is 72.7 cm³/mol. The first-order valence-corrected chi connectivity index (χ1v) is 8.50. The summed E-state index contributed by atoms with van der Waals surface area (Å²) in [6, 6.07) is 0. The molecule has 0 aromatic carbocycles. The van der Waals surface area contributed by atoms with Crippen molar-refractivity contribution in [1.29, 1.82) is 0 Å². The van der Waals surface area contributed by atoms with Crippen LogP contribution in [0.25, 0.3) is 0 Å². The molecule has 0 unspecified atom stereocenters. The van der Waals surface area contributed by atoms with Gasteiger partial charge in [-0.1, -0.05) is 11.6 Å². The van der Waals surface area contributed by atoms with Crippen molar-refractivity contribution in [3.05, 3.63) is 17.4 Å². The van der Waals surface area contributed by atoms with E-state index in [4.69, 9.17) is 11.6 Å². The summed E-state index contributed by atoms with van der Waals surface area (Å²) < 4.78 is 26.5. The molecule has 2 rings (SSSR count). The Balaban J connectivity index is 2.43. The zero-order chi connectivity index (χ0) is 13.2. The fourth-order valence-corrected chi connectivity index (χ4v) is 4.80. The Bertz CT molecular complexity index is 530. The van der Waals surface area contributed by atoms with E-state index in [0.717, 1.165) is 0 Å². The smallest absolute Gasteiger partial charge is 0.245 e. The van der Waals surface area contributed by atoms with Crippen molar-refractivity contribution in [3.63, 3.8) is 0 Å². The molecule has 1 fully saturated rings. The number of hydrogen-bond acceptors (Lipinski definition) is 5. The second kappa shape index (κ2) is 5.75. The van der Waals surface area contributed by atoms with E-state index in [2.05, 4.69) is 10.3 Å². The summed E-state index contributed by atoms with van der Waals surface area (Å²) >= 11 is 7.32. The topological polar surface area (TPSA) is 62.3 Å². The summed E-state index contributed by atoms with van der Waals surface area (Å²) in [6.45, 7) is 2.29. The van der Waals surface area contributed by atoms with Crippen molar-refractivity contribution in [2.24, 2.45) is 0 Å². The number of thioether (sulfide) groups is 1. The lowest BCUT2D eigenvalue weighted by Gasteiger charge is -2.27. The largest absolute Gasteiger partial charge is 0.314 e. The van der Waals surface area contributed by atoms with Crippen LogP contribution in [0.15, 0.2) is 22.2 Å². The van der Waals surface area contributed by atoms with Crippen molar-refractivity contribution < 1.29 is 8.42 Å². The zero-order valence-corrected chi connectivity index (χ0v) is 12.3. The average molecular weight is 308 g/mol. The Kier molecular flexibility index (Phi) is 4.50. The third-order valence-electron chi connectivity index (χ3n) is 2.72. The van der Waals surface area contributed by atoms with Crippen LogP contribution >= 0.6 is 23.4 Å². The summed E-state index contributed by atoms with van der Waals surface area (Å²) in [5.41, 5.74) is 0. The minimum atomic E-state index is -3.50. The zero-order valence-electron chi connectivity index (χ0n) is 9.89. The van der Waals surface area contributed by atoms with Crippen molar-refractivity contribution in [2.75, 3.05) is 32.4 Å². The monoisotopic (exact) mass is 307 g/mol. The van der Waals surface area contributed by atoms with Crippen LogP contribution < -0.4 is 5.32 Å². The third-order valence-corrected chi connectivity index (χ3v) is 6.00. The number of pyridine rings is 1. The third kappa shape index (κ3) is 2.65. The molecule has 1 aliphatic rings. The second-order valence-electron chi connectivity index (χ2n) is 3.81. The molecule has 100 valence electrons. The maximum atomic E-state index is 12.5. The van der Waals surface area contributed by atoms with Gasteiger partial charge in [-0.15, -0.1) is 11.8 Å². The summed E-state index contributed by atoms with van der Waals surface area (Å²) in [6.07, 6.45) is 4.64. The summed E-state index contributed by atoms with van der Waals surface area (Å²) in [5, 5.41) is 3.50. The molecule has 0 saturated carbocycles. The van der Waals surface area contributed by atoms with Gasteiger partial charge in [0.1, 0.15) is 4.90 Å². The van der Waals surface area contributed by atoms with E-state index in [1.54, 1.807) is 6.26 Å². The average Bonchev–Trinajstić information content (AvgIpc) is 2.39. The number of hydrogen-bond donors (Lipinski definition) is 1. The highest BCUT2D eigenvalue weighted by atomic mass is 35.5. The molecular formula is C10H14ClN3O2S2. The SMILES string of the molecule is CSc1c(Cl)cncc1S(=O)(=O)N1CCNCC1. The lowest BCUT2D eigenvalue weighted by atomic mass is 10.4. The van der Waals surface area contributed by atoms with E-state index in [1.807, 2.05) is 0 Å². The molecule has 8 heteroatoms.